The van der Waals surface area contributed by atoms with Gasteiger partial charge in [0.15, 0.2) is 0 Å². The molecule has 0 bridgehead atoms. The number of nitrogens with zero attached hydrogens (tertiary/aromatic N) is 1. The second-order valence-electron chi connectivity index (χ2n) is 5.31. The Morgan fingerprint density at radius 1 is 1.30 bits per heavy atom. The first kappa shape index (κ1) is 18.0. The number of alkyl halides is 3. The number of halogens is 5. The van der Waals surface area contributed by atoms with Gasteiger partial charge in [0.2, 0.25) is 15.0 Å². The van der Waals surface area contributed by atoms with Crippen LogP contribution in [0.25, 0.3) is 0 Å². The molecule has 0 aromatic heterocycles. The van der Waals surface area contributed by atoms with E-state index in [9.17, 15) is 30.8 Å². The van der Waals surface area contributed by atoms with Gasteiger partial charge in [-0.3, -0.25) is 4.79 Å². The molecule has 0 aliphatic carbocycles. The van der Waals surface area contributed by atoms with Gasteiger partial charge in [-0.05, 0) is 12.1 Å². The van der Waals surface area contributed by atoms with Crippen molar-refractivity contribution in [2.24, 2.45) is 5.92 Å². The van der Waals surface area contributed by atoms with Crippen LogP contribution in [0.15, 0.2) is 18.2 Å². The monoisotopic (exact) mass is 373 g/mol. The van der Waals surface area contributed by atoms with Crippen LogP contribution in [0.5, 0.6) is 0 Å². The Morgan fingerprint density at radius 3 is 2.52 bits per heavy atom. The fraction of sp³-hybridized carbons (Fsp3) is 0.462. The van der Waals surface area contributed by atoms with Gasteiger partial charge in [-0.2, -0.15) is 13.2 Å². The quantitative estimate of drug-likeness (QED) is 0.602. The molecule has 0 saturated carbocycles. The van der Waals surface area contributed by atoms with Crippen molar-refractivity contribution in [3.8, 4) is 0 Å². The third-order valence-corrected chi connectivity index (χ3v) is 4.75. The van der Waals surface area contributed by atoms with Gasteiger partial charge >= 0.3 is 6.18 Å². The Hall–Kier alpha value is -1.35. The molecule has 1 aliphatic rings. The van der Waals surface area contributed by atoms with E-state index >= 15 is 0 Å². The van der Waals surface area contributed by atoms with Gasteiger partial charge in [-0.25, -0.2) is 12.8 Å². The molecule has 10 heteroatoms. The zero-order valence-electron chi connectivity index (χ0n) is 11.6. The lowest BCUT2D eigenvalue weighted by Gasteiger charge is -2.20. The summed E-state index contributed by atoms with van der Waals surface area (Å²) in [7, 11) is 1.29. The number of carbonyl (C=O) groups excluding carboxylic acids is 1. The van der Waals surface area contributed by atoms with Gasteiger partial charge in [0.25, 0.3) is 0 Å². The molecular formula is C13H12ClF4NO3S. The number of hydrogen-bond acceptors (Lipinski definition) is 3. The molecule has 1 heterocycles. The van der Waals surface area contributed by atoms with Crippen LogP contribution in [-0.2, 0) is 26.6 Å². The highest BCUT2D eigenvalue weighted by molar-refractivity contribution is 8.13. The first-order chi connectivity index (χ1) is 10.5. The van der Waals surface area contributed by atoms with Crippen LogP contribution >= 0.6 is 10.7 Å². The van der Waals surface area contributed by atoms with Crippen LogP contribution in [0.4, 0.5) is 17.6 Å². The molecule has 0 spiro atoms. The van der Waals surface area contributed by atoms with Crippen LogP contribution < -0.4 is 0 Å². The van der Waals surface area contributed by atoms with Gasteiger partial charge in [0, 0.05) is 41.7 Å². The molecule has 1 saturated heterocycles. The molecule has 128 valence electrons. The van der Waals surface area contributed by atoms with Crippen molar-refractivity contribution in [2.75, 3.05) is 12.3 Å². The van der Waals surface area contributed by atoms with E-state index < -0.39 is 56.3 Å². The van der Waals surface area contributed by atoms with Crippen molar-refractivity contribution < 1.29 is 30.8 Å². The molecular weight excluding hydrogens is 362 g/mol. The van der Waals surface area contributed by atoms with E-state index in [1.165, 1.54) is 0 Å². The van der Waals surface area contributed by atoms with Gasteiger partial charge in [-0.15, -0.1) is 0 Å². The summed E-state index contributed by atoms with van der Waals surface area (Å²) in [5, 5.41) is 0. The molecule has 1 fully saturated rings. The predicted octanol–water partition coefficient (Wildman–Crippen LogP) is 2.76. The maximum atomic E-state index is 13.8. The Balaban J connectivity index is 2.22. The molecule has 1 aromatic carbocycles. The first-order valence-electron chi connectivity index (χ1n) is 6.52. The molecule has 2 rings (SSSR count). The molecule has 1 atom stereocenters. The number of likely N-dealkylation sites (tertiary alicyclic amines) is 1. The number of benzene rings is 1. The Kier molecular flexibility index (Phi) is 4.91. The van der Waals surface area contributed by atoms with Crippen molar-refractivity contribution in [1.82, 2.24) is 4.90 Å². The first-order valence-corrected chi connectivity index (χ1v) is 9.00. The lowest BCUT2D eigenvalue weighted by atomic mass is 10.1. The lowest BCUT2D eigenvalue weighted by molar-refractivity contribution is -0.139. The highest BCUT2D eigenvalue weighted by Crippen LogP contribution is 2.34. The molecule has 1 aromatic rings. The topological polar surface area (TPSA) is 54.5 Å². The second-order valence-corrected chi connectivity index (χ2v) is 8.14. The standard InChI is InChI=1S/C13H12ClF4NO3S/c14-23(21,22)7-8-4-12(20)19(5-8)6-9-10(13(16,17)18)2-1-3-11(9)15/h1-3,8H,4-7H2. The van der Waals surface area contributed by atoms with Crippen LogP contribution in [0.3, 0.4) is 0 Å². The summed E-state index contributed by atoms with van der Waals surface area (Å²) in [6.07, 6.45) is -4.90. The fourth-order valence-electron chi connectivity index (χ4n) is 2.58. The highest BCUT2D eigenvalue weighted by Gasteiger charge is 2.37. The van der Waals surface area contributed by atoms with E-state index in [0.717, 1.165) is 23.1 Å². The minimum atomic E-state index is -4.75. The molecule has 1 aliphatic heterocycles. The maximum Gasteiger partial charge on any atom is 0.416 e. The van der Waals surface area contributed by atoms with Crippen LogP contribution in [-0.4, -0.2) is 31.5 Å². The highest BCUT2D eigenvalue weighted by atomic mass is 35.7. The molecule has 23 heavy (non-hydrogen) atoms. The Morgan fingerprint density at radius 2 is 1.96 bits per heavy atom. The van der Waals surface area contributed by atoms with Crippen molar-refractivity contribution in [3.05, 3.63) is 35.1 Å². The van der Waals surface area contributed by atoms with Crippen molar-refractivity contribution >= 4 is 25.6 Å². The fourth-order valence-corrected chi connectivity index (χ4v) is 3.90. The smallest absolute Gasteiger partial charge is 0.338 e. The van der Waals surface area contributed by atoms with Crippen LogP contribution in [0.2, 0.25) is 0 Å². The van der Waals surface area contributed by atoms with Crippen LogP contribution in [0.1, 0.15) is 17.5 Å². The summed E-state index contributed by atoms with van der Waals surface area (Å²) in [5.74, 6) is -2.68. The van der Waals surface area contributed by atoms with E-state index in [0.29, 0.717) is 0 Å². The van der Waals surface area contributed by atoms with Gasteiger partial charge in [-0.1, -0.05) is 6.07 Å². The largest absolute Gasteiger partial charge is 0.416 e. The number of amides is 1. The zero-order chi connectivity index (χ0) is 17.4. The molecule has 1 amide bonds. The van der Waals surface area contributed by atoms with Gasteiger partial charge in [0.05, 0.1) is 11.3 Å². The Bertz CT molecular complexity index is 720. The summed E-state index contributed by atoms with van der Waals surface area (Å²) in [4.78, 5) is 12.8. The third-order valence-electron chi connectivity index (χ3n) is 3.50. The minimum Gasteiger partial charge on any atom is -0.338 e. The van der Waals surface area contributed by atoms with E-state index in [1.807, 2.05) is 0 Å². The average molecular weight is 374 g/mol. The van der Waals surface area contributed by atoms with E-state index in [1.54, 1.807) is 0 Å². The molecule has 4 nitrogen and oxygen atoms in total. The van der Waals surface area contributed by atoms with Crippen molar-refractivity contribution in [2.45, 2.75) is 19.1 Å². The van der Waals surface area contributed by atoms with Gasteiger partial charge in [0.1, 0.15) is 5.82 Å². The molecule has 0 radical (unpaired) electrons. The van der Waals surface area contributed by atoms with E-state index in [2.05, 4.69) is 0 Å². The lowest BCUT2D eigenvalue weighted by Crippen LogP contribution is -2.27. The SMILES string of the molecule is O=C1CC(CS(=O)(=O)Cl)CN1Cc1c(F)cccc1C(F)(F)F. The second kappa shape index (κ2) is 6.27. The Labute approximate surface area is 134 Å². The molecule has 0 N–H and O–H groups in total. The summed E-state index contributed by atoms with van der Waals surface area (Å²) >= 11 is 0. The van der Waals surface area contributed by atoms with E-state index in [-0.39, 0.29) is 13.0 Å². The number of hydrogen-bond donors (Lipinski definition) is 0. The molecule has 1 unspecified atom stereocenters. The summed E-state index contributed by atoms with van der Waals surface area (Å²) < 4.78 is 74.6. The normalized spacial score (nSPS) is 19.4. The third kappa shape index (κ3) is 4.57. The summed E-state index contributed by atoms with van der Waals surface area (Å²) in [6.45, 7) is -0.657. The van der Waals surface area contributed by atoms with Crippen molar-refractivity contribution in [1.29, 1.82) is 0 Å². The van der Waals surface area contributed by atoms with E-state index in [4.69, 9.17) is 10.7 Å². The zero-order valence-corrected chi connectivity index (χ0v) is 13.2. The van der Waals surface area contributed by atoms with Gasteiger partial charge < -0.3 is 4.90 Å². The summed E-state index contributed by atoms with van der Waals surface area (Å²) in [6, 6.07) is 2.56. The summed E-state index contributed by atoms with van der Waals surface area (Å²) in [5.41, 5.74) is -1.79. The average Bonchev–Trinajstić information content (AvgIpc) is 2.68. The van der Waals surface area contributed by atoms with Crippen molar-refractivity contribution in [3.63, 3.8) is 0 Å². The minimum absolute atomic E-state index is 0.0869. The van der Waals surface area contributed by atoms with Crippen LogP contribution in [0, 0.1) is 11.7 Å². The predicted molar refractivity (Wildman–Crippen MR) is 74.6 cm³/mol. The maximum absolute atomic E-state index is 13.8. The number of rotatable bonds is 4. The number of carbonyl (C=O) groups is 1.